The number of fused-ring (bicyclic) bond motifs is 1. The number of amides is 4. The Labute approximate surface area is 264 Å². The van der Waals surface area contributed by atoms with Crippen LogP contribution < -0.4 is 20.9 Å². The van der Waals surface area contributed by atoms with Crippen LogP contribution in [0.25, 0.3) is 0 Å². The first-order valence-corrected chi connectivity index (χ1v) is 16.0. The number of alkyl carbamates (subject to hydrolysis) is 1. The van der Waals surface area contributed by atoms with Gasteiger partial charge in [0.1, 0.15) is 5.60 Å². The molecule has 1 aliphatic heterocycles. The second-order valence-electron chi connectivity index (χ2n) is 14.2. The van der Waals surface area contributed by atoms with Crippen molar-refractivity contribution < 1.29 is 29.0 Å². The molecule has 1 unspecified atom stereocenters. The van der Waals surface area contributed by atoms with Crippen LogP contribution in [0.15, 0.2) is 24.3 Å². The largest absolute Gasteiger partial charge is 0.444 e. The zero-order chi connectivity index (χ0) is 33.2. The third-order valence-corrected chi connectivity index (χ3v) is 8.11. The molecule has 10 nitrogen and oxygen atoms in total. The van der Waals surface area contributed by atoms with Crippen molar-refractivity contribution in [3.8, 4) is 0 Å². The number of nitrogens with one attached hydrogen (secondary N) is 3. The fraction of sp³-hybridized carbons (Fsp3) is 0.706. The number of nitrogens with zero attached hydrogens (tertiary/aromatic N) is 1. The van der Waals surface area contributed by atoms with Crippen molar-refractivity contribution in [3.05, 3.63) is 29.8 Å². The Balaban J connectivity index is 2.28. The van der Waals surface area contributed by atoms with Crippen molar-refractivity contribution in [3.63, 3.8) is 0 Å². The van der Waals surface area contributed by atoms with Gasteiger partial charge in [-0.05, 0) is 69.4 Å². The quantitative estimate of drug-likeness (QED) is 0.226. The predicted molar refractivity (Wildman–Crippen MR) is 173 cm³/mol. The summed E-state index contributed by atoms with van der Waals surface area (Å²) in [5.74, 6) is -1.22. The van der Waals surface area contributed by atoms with E-state index in [4.69, 9.17) is 4.74 Å². The molecule has 0 spiro atoms. The second-order valence-corrected chi connectivity index (χ2v) is 14.2. The van der Waals surface area contributed by atoms with Gasteiger partial charge in [-0.25, -0.2) is 4.79 Å². The SMILES string of the molecule is CCCCNC(=O)[C@@H](C[C@H](O)[C@H](CC(C)(C)CC(=O)N1CC(C(=O)NC)Cc2ccccc21)NC(=O)OC(C)(C)C)C(C)C. The maximum absolute atomic E-state index is 13.8. The van der Waals surface area contributed by atoms with Gasteiger partial charge >= 0.3 is 6.09 Å². The van der Waals surface area contributed by atoms with Gasteiger partial charge in [0.25, 0.3) is 0 Å². The monoisotopic (exact) mass is 616 g/mol. The lowest BCUT2D eigenvalue weighted by Gasteiger charge is -2.38. The fourth-order valence-corrected chi connectivity index (χ4v) is 5.75. The third kappa shape index (κ3) is 11.4. The molecule has 1 aliphatic rings. The van der Waals surface area contributed by atoms with Crippen LogP contribution in [-0.2, 0) is 25.5 Å². The number of carbonyl (C=O) groups excluding carboxylic acids is 4. The topological polar surface area (TPSA) is 137 Å². The lowest BCUT2D eigenvalue weighted by Crippen LogP contribution is -2.50. The number of unbranched alkanes of at least 4 members (excludes halogenated alkanes) is 1. The molecule has 4 atom stereocenters. The highest BCUT2D eigenvalue weighted by molar-refractivity contribution is 5.96. The van der Waals surface area contributed by atoms with Crippen LogP contribution in [-0.4, -0.2) is 66.8 Å². The summed E-state index contributed by atoms with van der Waals surface area (Å²) in [5, 5.41) is 20.0. The molecule has 2 rings (SSSR count). The van der Waals surface area contributed by atoms with E-state index in [2.05, 4.69) is 22.9 Å². The maximum Gasteiger partial charge on any atom is 0.407 e. The molecule has 1 heterocycles. The summed E-state index contributed by atoms with van der Waals surface area (Å²) in [7, 11) is 1.60. The average Bonchev–Trinajstić information content (AvgIpc) is 2.92. The number of anilines is 1. The van der Waals surface area contributed by atoms with Gasteiger partial charge in [0.15, 0.2) is 0 Å². The van der Waals surface area contributed by atoms with E-state index in [0.717, 1.165) is 24.1 Å². The lowest BCUT2D eigenvalue weighted by atomic mass is 9.78. The van der Waals surface area contributed by atoms with Crippen LogP contribution in [0, 0.1) is 23.2 Å². The maximum atomic E-state index is 13.8. The first-order chi connectivity index (χ1) is 20.5. The molecular formula is C34H56N4O6. The summed E-state index contributed by atoms with van der Waals surface area (Å²) < 4.78 is 5.50. The minimum atomic E-state index is -1.06. The van der Waals surface area contributed by atoms with Crippen LogP contribution >= 0.6 is 0 Å². The summed E-state index contributed by atoms with van der Waals surface area (Å²) in [6.07, 6.45) is 1.18. The minimum Gasteiger partial charge on any atom is -0.444 e. The molecule has 0 aromatic heterocycles. The Morgan fingerprint density at radius 1 is 1.09 bits per heavy atom. The summed E-state index contributed by atoms with van der Waals surface area (Å²) in [5.41, 5.74) is 0.331. The first kappa shape index (κ1) is 37.0. The number of hydrogen-bond donors (Lipinski definition) is 4. The number of aliphatic hydroxyl groups excluding tert-OH is 1. The zero-order valence-electron chi connectivity index (χ0n) is 28.3. The van der Waals surface area contributed by atoms with Crippen LogP contribution in [0.2, 0.25) is 0 Å². The molecule has 4 N–H and O–H groups in total. The van der Waals surface area contributed by atoms with E-state index in [9.17, 15) is 24.3 Å². The molecule has 10 heteroatoms. The highest BCUT2D eigenvalue weighted by Gasteiger charge is 2.38. The van der Waals surface area contributed by atoms with Gasteiger partial charge in [0.05, 0.1) is 18.1 Å². The van der Waals surface area contributed by atoms with E-state index >= 15 is 0 Å². The second kappa shape index (κ2) is 16.3. The van der Waals surface area contributed by atoms with Crippen molar-refractivity contribution in [1.82, 2.24) is 16.0 Å². The molecule has 1 aromatic carbocycles. The van der Waals surface area contributed by atoms with Gasteiger partial charge in [0.2, 0.25) is 17.7 Å². The standard InChI is InChI=1S/C34H56N4O6/c1-10-11-16-36-31(42)25(22(2)3)18-28(39)26(37-32(43)44-33(4,5)6)19-34(7,8)20-29(40)38-21-24(30(41)35-9)17-23-14-12-13-15-27(23)38/h12-15,22,24-26,28,39H,10-11,16-21H2,1-9H3,(H,35,41)(H,36,42)(H,37,43)/t24?,25-,26-,28-/m0/s1. The normalized spacial score (nSPS) is 17.2. The number of ether oxygens (including phenoxy) is 1. The van der Waals surface area contributed by atoms with Crippen LogP contribution in [0.1, 0.15) is 93.1 Å². The predicted octanol–water partition coefficient (Wildman–Crippen LogP) is 4.58. The summed E-state index contributed by atoms with van der Waals surface area (Å²) in [6.45, 7) is 15.9. The molecule has 248 valence electrons. The molecule has 1 aromatic rings. The van der Waals surface area contributed by atoms with Crippen molar-refractivity contribution in [2.45, 2.75) is 112 Å². The summed E-state index contributed by atoms with van der Waals surface area (Å²) in [6, 6.07) is 6.85. The minimum absolute atomic E-state index is 0.0320. The van der Waals surface area contributed by atoms with E-state index in [0.29, 0.717) is 13.0 Å². The highest BCUT2D eigenvalue weighted by Crippen LogP contribution is 2.35. The molecule has 0 radical (unpaired) electrons. The van der Waals surface area contributed by atoms with Crippen LogP contribution in [0.5, 0.6) is 0 Å². The van der Waals surface area contributed by atoms with Gasteiger partial charge in [0, 0.05) is 38.2 Å². The van der Waals surface area contributed by atoms with Gasteiger partial charge in [-0.15, -0.1) is 0 Å². The summed E-state index contributed by atoms with van der Waals surface area (Å²) >= 11 is 0. The zero-order valence-corrected chi connectivity index (χ0v) is 28.3. The molecule has 0 bridgehead atoms. The van der Waals surface area contributed by atoms with Crippen LogP contribution in [0.3, 0.4) is 0 Å². The van der Waals surface area contributed by atoms with Crippen LogP contribution in [0.4, 0.5) is 10.5 Å². The molecule has 0 saturated heterocycles. The number of carbonyl (C=O) groups is 4. The summed E-state index contributed by atoms with van der Waals surface area (Å²) in [4.78, 5) is 54.0. The van der Waals surface area contributed by atoms with E-state index < -0.39 is 35.2 Å². The Hall–Kier alpha value is -3.14. The molecule has 0 saturated carbocycles. The molecular weight excluding hydrogens is 560 g/mol. The van der Waals surface area contributed by atoms with Crippen molar-refractivity contribution >= 4 is 29.5 Å². The van der Waals surface area contributed by atoms with Crippen molar-refractivity contribution in [2.75, 3.05) is 25.0 Å². The lowest BCUT2D eigenvalue weighted by molar-refractivity contribution is -0.127. The number of hydrogen-bond acceptors (Lipinski definition) is 6. The number of rotatable bonds is 14. The molecule has 4 amide bonds. The Morgan fingerprint density at radius 3 is 2.34 bits per heavy atom. The van der Waals surface area contributed by atoms with Gasteiger partial charge in [-0.1, -0.05) is 59.2 Å². The molecule has 44 heavy (non-hydrogen) atoms. The smallest absolute Gasteiger partial charge is 0.407 e. The molecule has 0 aliphatic carbocycles. The highest BCUT2D eigenvalue weighted by atomic mass is 16.6. The van der Waals surface area contributed by atoms with E-state index in [1.165, 1.54) is 0 Å². The van der Waals surface area contributed by atoms with E-state index in [1.807, 2.05) is 52.0 Å². The Morgan fingerprint density at radius 2 is 1.75 bits per heavy atom. The van der Waals surface area contributed by atoms with E-state index in [-0.39, 0.29) is 55.4 Å². The molecule has 0 fully saturated rings. The third-order valence-electron chi connectivity index (χ3n) is 8.11. The first-order valence-electron chi connectivity index (χ1n) is 16.0. The number of benzene rings is 1. The van der Waals surface area contributed by atoms with Gasteiger partial charge in [-0.3, -0.25) is 14.4 Å². The van der Waals surface area contributed by atoms with Gasteiger partial charge < -0.3 is 30.7 Å². The Bertz CT molecular complexity index is 1130. The van der Waals surface area contributed by atoms with E-state index in [1.54, 1.807) is 32.7 Å². The average molecular weight is 617 g/mol. The number of aliphatic hydroxyl groups is 1. The van der Waals surface area contributed by atoms with Crippen molar-refractivity contribution in [1.29, 1.82) is 0 Å². The van der Waals surface area contributed by atoms with Gasteiger partial charge in [-0.2, -0.15) is 0 Å². The Kier molecular flexibility index (Phi) is 13.7. The number of para-hydroxylation sites is 1. The fourth-order valence-electron chi connectivity index (χ4n) is 5.75. The van der Waals surface area contributed by atoms with Crippen molar-refractivity contribution in [2.24, 2.45) is 23.2 Å².